The molecule has 0 bridgehead atoms. The fraction of sp³-hybridized carbons (Fsp3) is 0.786. The van der Waals surface area contributed by atoms with Gasteiger partial charge in [-0.05, 0) is 51.2 Å². The van der Waals surface area contributed by atoms with Gasteiger partial charge in [-0.1, -0.05) is 6.92 Å². The molecule has 0 aliphatic carbocycles. The van der Waals surface area contributed by atoms with Crippen LogP contribution in [0.3, 0.4) is 0 Å². The normalized spacial score (nSPS) is 18.4. The molecule has 4 nitrogen and oxygen atoms in total. The molecule has 1 aromatic heterocycles. The van der Waals surface area contributed by atoms with Crippen molar-refractivity contribution in [3.8, 4) is 0 Å². The second-order valence-electron chi connectivity index (χ2n) is 5.43. The van der Waals surface area contributed by atoms with Gasteiger partial charge < -0.3 is 5.73 Å². The quantitative estimate of drug-likeness (QED) is 0.862. The summed E-state index contributed by atoms with van der Waals surface area (Å²) in [5.41, 5.74) is 8.29. The number of hydrogen-bond donors (Lipinski definition) is 1. The van der Waals surface area contributed by atoms with E-state index in [4.69, 9.17) is 5.73 Å². The van der Waals surface area contributed by atoms with Crippen molar-refractivity contribution in [3.63, 3.8) is 0 Å². The first-order chi connectivity index (χ1) is 8.72. The van der Waals surface area contributed by atoms with Gasteiger partial charge in [0.05, 0.1) is 5.69 Å². The molecule has 1 fully saturated rings. The molecule has 1 saturated heterocycles. The van der Waals surface area contributed by atoms with Crippen molar-refractivity contribution in [2.45, 2.75) is 39.2 Å². The summed E-state index contributed by atoms with van der Waals surface area (Å²) in [6, 6.07) is 0. The van der Waals surface area contributed by atoms with Gasteiger partial charge in [-0.2, -0.15) is 5.10 Å². The highest BCUT2D eigenvalue weighted by Gasteiger charge is 2.19. The Morgan fingerprint density at radius 2 is 2.11 bits per heavy atom. The van der Waals surface area contributed by atoms with Gasteiger partial charge in [-0.15, -0.1) is 0 Å². The van der Waals surface area contributed by atoms with Crippen molar-refractivity contribution in [3.05, 3.63) is 17.5 Å². The molecule has 4 heteroatoms. The number of hydrogen-bond acceptors (Lipinski definition) is 3. The van der Waals surface area contributed by atoms with E-state index in [1.807, 2.05) is 11.7 Å². The maximum absolute atomic E-state index is 5.63. The minimum Gasteiger partial charge on any atom is -0.330 e. The van der Waals surface area contributed by atoms with Gasteiger partial charge in [-0.25, -0.2) is 0 Å². The molecule has 0 aromatic carbocycles. The van der Waals surface area contributed by atoms with Crippen LogP contribution in [0.15, 0.2) is 6.20 Å². The third-order valence-electron chi connectivity index (χ3n) is 4.00. The van der Waals surface area contributed by atoms with Crippen molar-refractivity contribution < 1.29 is 0 Å². The molecule has 102 valence electrons. The van der Waals surface area contributed by atoms with E-state index < -0.39 is 0 Å². The minimum absolute atomic E-state index is 0.841. The van der Waals surface area contributed by atoms with Crippen molar-refractivity contribution in [1.82, 2.24) is 14.7 Å². The van der Waals surface area contributed by atoms with Crippen LogP contribution in [-0.2, 0) is 20.0 Å². The summed E-state index contributed by atoms with van der Waals surface area (Å²) in [6.07, 6.45) is 7.00. The standard InChI is InChI=1S/C14H26N4/c1-3-14-13(10-17(2)16-14)11-18-8-5-12(4-7-15)6-9-18/h10,12H,3-9,11,15H2,1-2H3. The van der Waals surface area contributed by atoms with E-state index in [1.54, 1.807) is 0 Å². The highest BCUT2D eigenvalue weighted by Crippen LogP contribution is 2.22. The number of likely N-dealkylation sites (tertiary alicyclic amines) is 1. The number of nitrogens with two attached hydrogens (primary N) is 1. The van der Waals surface area contributed by atoms with Crippen LogP contribution in [0.2, 0.25) is 0 Å². The first-order valence-electron chi connectivity index (χ1n) is 7.16. The lowest BCUT2D eigenvalue weighted by Gasteiger charge is -2.31. The zero-order chi connectivity index (χ0) is 13.0. The highest BCUT2D eigenvalue weighted by molar-refractivity contribution is 5.16. The second-order valence-corrected chi connectivity index (χ2v) is 5.43. The zero-order valence-electron chi connectivity index (χ0n) is 11.7. The van der Waals surface area contributed by atoms with Crippen molar-refractivity contribution >= 4 is 0 Å². The molecular weight excluding hydrogens is 224 g/mol. The van der Waals surface area contributed by atoms with Crippen LogP contribution in [0.4, 0.5) is 0 Å². The van der Waals surface area contributed by atoms with Crippen molar-refractivity contribution in [2.75, 3.05) is 19.6 Å². The number of rotatable bonds is 5. The molecule has 2 N–H and O–H groups in total. The van der Waals surface area contributed by atoms with Gasteiger partial charge in [0, 0.05) is 25.4 Å². The lowest BCUT2D eigenvalue weighted by Crippen LogP contribution is -2.34. The maximum Gasteiger partial charge on any atom is 0.0666 e. The number of piperidine rings is 1. The lowest BCUT2D eigenvalue weighted by molar-refractivity contribution is 0.173. The molecule has 0 saturated carbocycles. The topological polar surface area (TPSA) is 47.1 Å². The summed E-state index contributed by atoms with van der Waals surface area (Å²) < 4.78 is 1.94. The van der Waals surface area contributed by atoms with E-state index in [9.17, 15) is 0 Å². The highest BCUT2D eigenvalue weighted by atomic mass is 15.3. The monoisotopic (exact) mass is 250 g/mol. The van der Waals surface area contributed by atoms with E-state index in [0.717, 1.165) is 25.4 Å². The van der Waals surface area contributed by atoms with E-state index in [2.05, 4.69) is 23.1 Å². The predicted octanol–water partition coefficient (Wildman–Crippen LogP) is 1.54. The summed E-state index contributed by atoms with van der Waals surface area (Å²) in [7, 11) is 2.01. The van der Waals surface area contributed by atoms with Crippen molar-refractivity contribution in [2.24, 2.45) is 18.7 Å². The predicted molar refractivity (Wildman–Crippen MR) is 74.3 cm³/mol. The minimum atomic E-state index is 0.841. The van der Waals surface area contributed by atoms with Gasteiger partial charge in [0.25, 0.3) is 0 Å². The van der Waals surface area contributed by atoms with Crippen LogP contribution in [0.1, 0.15) is 37.4 Å². The van der Waals surface area contributed by atoms with Gasteiger partial charge in [0.1, 0.15) is 0 Å². The Morgan fingerprint density at radius 3 is 2.72 bits per heavy atom. The number of aryl methyl sites for hydroxylation is 2. The van der Waals surface area contributed by atoms with E-state index in [-0.39, 0.29) is 0 Å². The van der Waals surface area contributed by atoms with Crippen LogP contribution in [-0.4, -0.2) is 34.3 Å². The van der Waals surface area contributed by atoms with Crippen LogP contribution in [0.25, 0.3) is 0 Å². The molecule has 2 heterocycles. The molecule has 0 atom stereocenters. The zero-order valence-corrected chi connectivity index (χ0v) is 11.7. The first-order valence-corrected chi connectivity index (χ1v) is 7.16. The lowest BCUT2D eigenvalue weighted by atomic mass is 9.93. The van der Waals surface area contributed by atoms with Crippen LogP contribution in [0.5, 0.6) is 0 Å². The summed E-state index contributed by atoms with van der Waals surface area (Å²) in [5.74, 6) is 0.853. The first kappa shape index (κ1) is 13.6. The maximum atomic E-state index is 5.63. The third kappa shape index (κ3) is 3.33. The average molecular weight is 250 g/mol. The Labute approximate surface area is 110 Å². The molecular formula is C14H26N4. The Kier molecular flexibility index (Phi) is 4.78. The SMILES string of the molecule is CCc1nn(C)cc1CN1CCC(CCN)CC1. The third-order valence-corrected chi connectivity index (χ3v) is 4.00. The molecule has 0 spiro atoms. The van der Waals surface area contributed by atoms with Crippen LogP contribution >= 0.6 is 0 Å². The Balaban J connectivity index is 1.87. The molecule has 1 aromatic rings. The second kappa shape index (κ2) is 6.34. The van der Waals surface area contributed by atoms with Crippen molar-refractivity contribution in [1.29, 1.82) is 0 Å². The molecule has 0 unspecified atom stereocenters. The average Bonchev–Trinajstić information content (AvgIpc) is 2.72. The number of aromatic nitrogens is 2. The van der Waals surface area contributed by atoms with Crippen LogP contribution < -0.4 is 5.73 Å². The molecule has 0 radical (unpaired) electrons. The van der Waals surface area contributed by atoms with Crippen LogP contribution in [0, 0.1) is 5.92 Å². The van der Waals surface area contributed by atoms with Gasteiger partial charge >= 0.3 is 0 Å². The molecule has 1 aliphatic rings. The molecule has 0 amide bonds. The Morgan fingerprint density at radius 1 is 1.39 bits per heavy atom. The van der Waals surface area contributed by atoms with E-state index in [1.165, 1.54) is 43.6 Å². The smallest absolute Gasteiger partial charge is 0.0666 e. The summed E-state index contributed by atoms with van der Waals surface area (Å²) in [6.45, 7) is 6.50. The van der Waals surface area contributed by atoms with E-state index >= 15 is 0 Å². The molecule has 18 heavy (non-hydrogen) atoms. The summed E-state index contributed by atoms with van der Waals surface area (Å²) >= 11 is 0. The fourth-order valence-corrected chi connectivity index (χ4v) is 2.92. The number of nitrogens with zero attached hydrogens (tertiary/aromatic N) is 3. The van der Waals surface area contributed by atoms with E-state index in [0.29, 0.717) is 0 Å². The Bertz CT molecular complexity index is 364. The Hall–Kier alpha value is -0.870. The molecule has 2 rings (SSSR count). The van der Waals surface area contributed by atoms with Gasteiger partial charge in [-0.3, -0.25) is 9.58 Å². The summed E-state index contributed by atoms with van der Waals surface area (Å²) in [4.78, 5) is 2.56. The van der Waals surface area contributed by atoms with Gasteiger partial charge in [0.2, 0.25) is 0 Å². The summed E-state index contributed by atoms with van der Waals surface area (Å²) in [5, 5.41) is 4.51. The fourth-order valence-electron chi connectivity index (χ4n) is 2.92. The van der Waals surface area contributed by atoms with Gasteiger partial charge in [0.15, 0.2) is 0 Å². The molecule has 1 aliphatic heterocycles. The largest absolute Gasteiger partial charge is 0.330 e.